The van der Waals surface area contributed by atoms with Gasteiger partial charge in [-0.15, -0.1) is 0 Å². The summed E-state index contributed by atoms with van der Waals surface area (Å²) in [6.45, 7) is 1.61. The topological polar surface area (TPSA) is 78.2 Å². The Morgan fingerprint density at radius 3 is 2.74 bits per heavy atom. The molecule has 1 aromatic heterocycles. The molecule has 6 heteroatoms. The number of fused-ring (bicyclic) bond motifs is 1. The van der Waals surface area contributed by atoms with E-state index in [1.807, 2.05) is 35.2 Å². The van der Waals surface area contributed by atoms with E-state index in [0.717, 1.165) is 27.7 Å². The van der Waals surface area contributed by atoms with Crippen molar-refractivity contribution in [1.29, 1.82) is 5.26 Å². The molecule has 2 heterocycles. The molecule has 4 rings (SSSR count). The van der Waals surface area contributed by atoms with Gasteiger partial charge in [-0.3, -0.25) is 9.78 Å². The maximum absolute atomic E-state index is 11.8. The van der Waals surface area contributed by atoms with Crippen LogP contribution in [0.1, 0.15) is 5.56 Å². The first-order valence-electron chi connectivity index (χ1n) is 8.69. The van der Waals surface area contributed by atoms with E-state index in [-0.39, 0.29) is 5.91 Å². The number of nitriles is 1. The van der Waals surface area contributed by atoms with Crippen LogP contribution in [-0.2, 0) is 4.79 Å². The molecule has 6 nitrogen and oxygen atoms in total. The Bertz CT molecular complexity index is 1050. The van der Waals surface area contributed by atoms with Crippen molar-refractivity contribution in [2.75, 3.05) is 31.6 Å². The third-order valence-corrected chi connectivity index (χ3v) is 4.74. The minimum Gasteiger partial charge on any atom is -0.494 e. The van der Waals surface area contributed by atoms with Crippen molar-refractivity contribution < 1.29 is 9.53 Å². The number of ether oxygens (including phenoxy) is 1. The predicted octanol–water partition coefficient (Wildman–Crippen LogP) is 2.72. The van der Waals surface area contributed by atoms with Gasteiger partial charge in [0.25, 0.3) is 0 Å². The van der Waals surface area contributed by atoms with Gasteiger partial charge < -0.3 is 15.0 Å². The van der Waals surface area contributed by atoms with Crippen molar-refractivity contribution in [3.63, 3.8) is 0 Å². The SMILES string of the molecule is COc1c(N2CCNC(=O)C2)cnc2c(-c3ccc(C#N)cc3)cccc12. The van der Waals surface area contributed by atoms with Gasteiger partial charge in [-0.05, 0) is 23.8 Å². The van der Waals surface area contributed by atoms with Crippen LogP contribution in [0.4, 0.5) is 5.69 Å². The average molecular weight is 358 g/mol. The summed E-state index contributed by atoms with van der Waals surface area (Å²) in [5.74, 6) is 0.708. The number of nitrogens with one attached hydrogen (secondary N) is 1. The Balaban J connectivity index is 1.84. The number of pyridine rings is 1. The minimum atomic E-state index is -0.00488. The Morgan fingerprint density at radius 1 is 1.22 bits per heavy atom. The van der Waals surface area contributed by atoms with Crippen LogP contribution in [0.2, 0.25) is 0 Å². The molecule has 0 saturated carbocycles. The number of nitrogens with zero attached hydrogens (tertiary/aromatic N) is 3. The number of rotatable bonds is 3. The summed E-state index contributed by atoms with van der Waals surface area (Å²) in [6, 6.07) is 15.5. The van der Waals surface area contributed by atoms with Crippen LogP contribution in [0, 0.1) is 11.3 Å². The number of hydrogen-bond acceptors (Lipinski definition) is 5. The summed E-state index contributed by atoms with van der Waals surface area (Å²) in [4.78, 5) is 18.4. The van der Waals surface area contributed by atoms with E-state index in [0.29, 0.717) is 30.9 Å². The maximum Gasteiger partial charge on any atom is 0.239 e. The molecule has 0 bridgehead atoms. The Labute approximate surface area is 157 Å². The monoisotopic (exact) mass is 358 g/mol. The lowest BCUT2D eigenvalue weighted by atomic mass is 10.00. The quantitative estimate of drug-likeness (QED) is 0.779. The van der Waals surface area contributed by atoms with Gasteiger partial charge in [0, 0.05) is 24.0 Å². The van der Waals surface area contributed by atoms with E-state index in [1.165, 1.54) is 0 Å². The zero-order chi connectivity index (χ0) is 18.8. The normalized spacial score (nSPS) is 13.9. The lowest BCUT2D eigenvalue weighted by Gasteiger charge is -2.30. The third kappa shape index (κ3) is 3.04. The average Bonchev–Trinajstić information content (AvgIpc) is 2.72. The Kier molecular flexibility index (Phi) is 4.35. The van der Waals surface area contributed by atoms with Crippen LogP contribution < -0.4 is 15.0 Å². The van der Waals surface area contributed by atoms with E-state index >= 15 is 0 Å². The highest BCUT2D eigenvalue weighted by Crippen LogP contribution is 2.38. The van der Waals surface area contributed by atoms with Crippen LogP contribution in [0.3, 0.4) is 0 Å². The molecule has 1 aliphatic rings. The number of piperazine rings is 1. The maximum atomic E-state index is 11.8. The number of anilines is 1. The van der Waals surface area contributed by atoms with Gasteiger partial charge in [0.05, 0.1) is 42.7 Å². The highest BCUT2D eigenvalue weighted by molar-refractivity contribution is 6.00. The van der Waals surface area contributed by atoms with Crippen LogP contribution in [0.25, 0.3) is 22.0 Å². The molecule has 0 aliphatic carbocycles. The molecule has 0 spiro atoms. The van der Waals surface area contributed by atoms with E-state index in [1.54, 1.807) is 25.4 Å². The zero-order valence-electron chi connectivity index (χ0n) is 14.9. The highest BCUT2D eigenvalue weighted by Gasteiger charge is 2.22. The number of methoxy groups -OCH3 is 1. The van der Waals surface area contributed by atoms with Crippen LogP contribution in [0.15, 0.2) is 48.7 Å². The largest absolute Gasteiger partial charge is 0.494 e. The van der Waals surface area contributed by atoms with Gasteiger partial charge >= 0.3 is 0 Å². The summed E-state index contributed by atoms with van der Waals surface area (Å²) >= 11 is 0. The molecular formula is C21H18N4O2. The third-order valence-electron chi connectivity index (χ3n) is 4.74. The van der Waals surface area contributed by atoms with E-state index < -0.39 is 0 Å². The molecule has 2 aromatic carbocycles. The van der Waals surface area contributed by atoms with Crippen LogP contribution >= 0.6 is 0 Å². The van der Waals surface area contributed by atoms with Crippen molar-refractivity contribution in [2.45, 2.75) is 0 Å². The van der Waals surface area contributed by atoms with Crippen LogP contribution in [0.5, 0.6) is 5.75 Å². The number of hydrogen-bond donors (Lipinski definition) is 1. The van der Waals surface area contributed by atoms with E-state index in [2.05, 4.69) is 11.4 Å². The highest BCUT2D eigenvalue weighted by atomic mass is 16.5. The van der Waals surface area contributed by atoms with Gasteiger partial charge in [0.2, 0.25) is 5.91 Å². The summed E-state index contributed by atoms with van der Waals surface area (Å²) in [5.41, 5.74) is 4.22. The van der Waals surface area contributed by atoms with Crippen LogP contribution in [-0.4, -0.2) is 37.6 Å². The lowest BCUT2D eigenvalue weighted by molar-refractivity contribution is -0.120. The Morgan fingerprint density at radius 2 is 2.04 bits per heavy atom. The fraction of sp³-hybridized carbons (Fsp3) is 0.190. The van der Waals surface area contributed by atoms with Gasteiger partial charge in [-0.1, -0.05) is 24.3 Å². The molecule has 134 valence electrons. The number of benzene rings is 2. The predicted molar refractivity (Wildman–Crippen MR) is 104 cm³/mol. The molecule has 1 aliphatic heterocycles. The van der Waals surface area contributed by atoms with Crippen molar-refractivity contribution in [1.82, 2.24) is 10.3 Å². The molecule has 1 amide bonds. The first kappa shape index (κ1) is 16.9. The molecule has 27 heavy (non-hydrogen) atoms. The van der Waals surface area contributed by atoms with E-state index in [9.17, 15) is 4.79 Å². The molecule has 1 saturated heterocycles. The molecule has 0 radical (unpaired) electrons. The van der Waals surface area contributed by atoms with Crippen molar-refractivity contribution >= 4 is 22.5 Å². The second-order valence-electron chi connectivity index (χ2n) is 6.34. The van der Waals surface area contributed by atoms with Gasteiger partial charge in [-0.25, -0.2) is 0 Å². The number of carbonyl (C=O) groups is 1. The van der Waals surface area contributed by atoms with Gasteiger partial charge in [0.15, 0.2) is 5.75 Å². The second kappa shape index (κ2) is 6.96. The molecule has 3 aromatic rings. The number of amides is 1. The first-order chi connectivity index (χ1) is 13.2. The minimum absolute atomic E-state index is 0.00488. The number of para-hydroxylation sites is 1. The molecular weight excluding hydrogens is 340 g/mol. The molecule has 0 atom stereocenters. The van der Waals surface area contributed by atoms with Crippen molar-refractivity contribution in [3.05, 3.63) is 54.2 Å². The summed E-state index contributed by atoms with van der Waals surface area (Å²) in [5, 5.41) is 12.7. The van der Waals surface area contributed by atoms with E-state index in [4.69, 9.17) is 15.0 Å². The smallest absolute Gasteiger partial charge is 0.239 e. The molecule has 1 N–H and O–H groups in total. The fourth-order valence-electron chi connectivity index (χ4n) is 3.43. The number of aromatic nitrogens is 1. The van der Waals surface area contributed by atoms with Gasteiger partial charge in [-0.2, -0.15) is 5.26 Å². The second-order valence-corrected chi connectivity index (χ2v) is 6.34. The lowest BCUT2D eigenvalue weighted by Crippen LogP contribution is -2.47. The first-order valence-corrected chi connectivity index (χ1v) is 8.69. The standard InChI is InChI=1S/C21H18N4O2/c1-27-21-17-4-2-3-16(15-7-5-14(11-22)6-8-15)20(17)24-12-18(21)25-10-9-23-19(26)13-25/h2-8,12H,9-10,13H2,1H3,(H,23,26). The van der Waals surface area contributed by atoms with Crippen molar-refractivity contribution in [3.8, 4) is 22.9 Å². The summed E-state index contributed by atoms with van der Waals surface area (Å²) in [6.07, 6.45) is 1.77. The van der Waals surface area contributed by atoms with Crippen molar-refractivity contribution in [2.24, 2.45) is 0 Å². The fourth-order valence-corrected chi connectivity index (χ4v) is 3.43. The Hall–Kier alpha value is -3.59. The zero-order valence-corrected chi connectivity index (χ0v) is 14.9. The molecule has 1 fully saturated rings. The van der Waals surface area contributed by atoms with Gasteiger partial charge in [0.1, 0.15) is 0 Å². The molecule has 0 unspecified atom stereocenters. The summed E-state index contributed by atoms with van der Waals surface area (Å²) in [7, 11) is 1.64. The number of carbonyl (C=O) groups excluding carboxylic acids is 1. The summed E-state index contributed by atoms with van der Waals surface area (Å²) < 4.78 is 5.72.